The van der Waals surface area contributed by atoms with Crippen LogP contribution in [-0.2, 0) is 22.9 Å². The molecule has 41 heavy (non-hydrogen) atoms. The fourth-order valence-electron chi connectivity index (χ4n) is 6.24. The summed E-state index contributed by atoms with van der Waals surface area (Å²) in [4.78, 5) is 11.1. The van der Waals surface area contributed by atoms with Crippen molar-refractivity contribution in [1.82, 2.24) is 29.9 Å². The number of halogens is 3. The standard InChI is InChI=1S/C29H28F3N7O2/c30-29(31,32)21-2-1-12-33-23(21)4-3-19-5-8-28(40,9-6-19)22-16-25(38-14-15-41-18-27(38)10-11-27)36-26-20(22)17-35-39(26)24-7-13-34-37-24/h1-2,7,12-13,16-17,19,40H,3-6,8-9,14-15,18H2,(H,34,37). The topological polar surface area (TPSA) is 105 Å². The monoisotopic (exact) mass is 563 g/mol. The summed E-state index contributed by atoms with van der Waals surface area (Å²) < 4.78 is 47.6. The first kappa shape index (κ1) is 26.0. The number of rotatable bonds is 6. The summed E-state index contributed by atoms with van der Waals surface area (Å²) >= 11 is 0. The lowest BCUT2D eigenvalue weighted by Crippen LogP contribution is -2.50. The van der Waals surface area contributed by atoms with Gasteiger partial charge in [0.25, 0.3) is 0 Å². The largest absolute Gasteiger partial charge is 0.418 e. The predicted molar refractivity (Wildman–Crippen MR) is 143 cm³/mol. The van der Waals surface area contributed by atoms with E-state index in [0.29, 0.717) is 69.1 Å². The number of aliphatic hydroxyl groups is 1. The number of anilines is 1. The van der Waals surface area contributed by atoms with E-state index in [9.17, 15) is 18.3 Å². The Bertz CT molecular complexity index is 1640. The molecule has 2 fully saturated rings. The van der Waals surface area contributed by atoms with Crippen molar-refractivity contribution in [3.8, 4) is 17.7 Å². The van der Waals surface area contributed by atoms with Crippen LogP contribution in [0.1, 0.15) is 48.9 Å². The molecule has 212 valence electrons. The van der Waals surface area contributed by atoms with Crippen molar-refractivity contribution in [2.75, 3.05) is 24.7 Å². The van der Waals surface area contributed by atoms with Crippen molar-refractivity contribution in [2.24, 2.45) is 5.92 Å². The van der Waals surface area contributed by atoms with E-state index in [4.69, 9.17) is 9.72 Å². The number of aromatic nitrogens is 6. The summed E-state index contributed by atoms with van der Waals surface area (Å²) in [6.45, 7) is 1.59. The number of aromatic amines is 1. The number of hydrogen-bond acceptors (Lipinski definition) is 7. The number of H-pyrrole nitrogens is 1. The average molecular weight is 564 g/mol. The van der Waals surface area contributed by atoms with Crippen LogP contribution in [-0.4, -0.2) is 60.3 Å². The van der Waals surface area contributed by atoms with Gasteiger partial charge in [-0.3, -0.25) is 10.1 Å². The molecule has 5 heterocycles. The van der Waals surface area contributed by atoms with Crippen molar-refractivity contribution in [2.45, 2.75) is 55.8 Å². The highest BCUT2D eigenvalue weighted by atomic mass is 19.4. The normalized spacial score (nSPS) is 23.5. The van der Waals surface area contributed by atoms with Gasteiger partial charge in [0.15, 0.2) is 17.0 Å². The zero-order valence-corrected chi connectivity index (χ0v) is 22.2. The molecule has 1 aliphatic heterocycles. The number of fused-ring (bicyclic) bond motifs is 1. The maximum absolute atomic E-state index is 13.4. The number of morpholine rings is 1. The Labute approximate surface area is 233 Å². The van der Waals surface area contributed by atoms with Crippen molar-refractivity contribution >= 4 is 16.9 Å². The number of alkyl halides is 3. The summed E-state index contributed by atoms with van der Waals surface area (Å²) in [6, 6.07) is 6.15. The molecule has 0 unspecified atom stereocenters. The molecule has 0 atom stereocenters. The van der Waals surface area contributed by atoms with Gasteiger partial charge in [-0.1, -0.05) is 11.8 Å². The van der Waals surface area contributed by atoms with E-state index in [1.165, 1.54) is 12.3 Å². The molecule has 0 amide bonds. The lowest BCUT2D eigenvalue weighted by atomic mass is 9.73. The third kappa shape index (κ3) is 4.63. The smallest absolute Gasteiger partial charge is 0.385 e. The van der Waals surface area contributed by atoms with Gasteiger partial charge in [0.05, 0.1) is 42.5 Å². The average Bonchev–Trinajstić information content (AvgIpc) is 3.34. The van der Waals surface area contributed by atoms with Gasteiger partial charge in [-0.2, -0.15) is 28.1 Å². The molecule has 4 aromatic heterocycles. The molecule has 3 aliphatic rings. The first-order valence-corrected chi connectivity index (χ1v) is 13.8. The van der Waals surface area contributed by atoms with E-state index in [1.807, 2.05) is 6.07 Å². The van der Waals surface area contributed by atoms with Gasteiger partial charge in [-0.25, -0.2) is 4.98 Å². The number of nitrogens with zero attached hydrogens (tertiary/aromatic N) is 6. The van der Waals surface area contributed by atoms with Gasteiger partial charge in [-0.15, -0.1) is 0 Å². The van der Waals surface area contributed by atoms with Gasteiger partial charge >= 0.3 is 6.18 Å². The maximum atomic E-state index is 13.4. The zero-order valence-electron chi connectivity index (χ0n) is 22.2. The van der Waals surface area contributed by atoms with Crippen LogP contribution < -0.4 is 4.90 Å². The second kappa shape index (κ2) is 9.56. The van der Waals surface area contributed by atoms with Crippen LogP contribution in [0, 0.1) is 17.8 Å². The zero-order chi connectivity index (χ0) is 28.2. The van der Waals surface area contributed by atoms with Crippen LogP contribution in [0.4, 0.5) is 19.0 Å². The van der Waals surface area contributed by atoms with Crippen LogP contribution >= 0.6 is 0 Å². The van der Waals surface area contributed by atoms with Gasteiger partial charge in [0, 0.05) is 24.2 Å². The van der Waals surface area contributed by atoms with E-state index in [1.54, 1.807) is 23.1 Å². The lowest BCUT2D eigenvalue weighted by Gasteiger charge is -2.39. The summed E-state index contributed by atoms with van der Waals surface area (Å²) in [7, 11) is 0. The van der Waals surface area contributed by atoms with Gasteiger partial charge in [-0.05, 0) is 68.2 Å². The van der Waals surface area contributed by atoms with Crippen LogP contribution in [0.15, 0.2) is 42.9 Å². The molecule has 0 radical (unpaired) electrons. The molecule has 12 heteroatoms. The molecule has 9 nitrogen and oxygen atoms in total. The van der Waals surface area contributed by atoms with Crippen molar-refractivity contribution in [3.63, 3.8) is 0 Å². The second-order valence-electron chi connectivity index (χ2n) is 11.1. The summed E-state index contributed by atoms with van der Waals surface area (Å²) in [5.74, 6) is 7.86. The third-order valence-electron chi connectivity index (χ3n) is 8.58. The molecule has 1 saturated carbocycles. The first-order chi connectivity index (χ1) is 19.8. The first-order valence-electron chi connectivity index (χ1n) is 13.8. The number of hydrogen-bond donors (Lipinski definition) is 2. The Kier molecular flexibility index (Phi) is 6.06. The molecule has 1 spiro atoms. The van der Waals surface area contributed by atoms with Gasteiger partial charge in [0.1, 0.15) is 5.82 Å². The summed E-state index contributed by atoms with van der Waals surface area (Å²) in [5.41, 5.74) is -0.943. The van der Waals surface area contributed by atoms with E-state index < -0.39 is 22.9 Å². The molecule has 0 aromatic carbocycles. The maximum Gasteiger partial charge on any atom is 0.418 e. The van der Waals surface area contributed by atoms with E-state index in [0.717, 1.165) is 17.0 Å². The highest BCUT2D eigenvalue weighted by Gasteiger charge is 2.46. The minimum Gasteiger partial charge on any atom is -0.385 e. The van der Waals surface area contributed by atoms with E-state index in [2.05, 4.69) is 37.0 Å². The molecule has 0 bridgehead atoms. The Hall–Kier alpha value is -3.95. The molecule has 4 aromatic rings. The fourth-order valence-corrected chi connectivity index (χ4v) is 6.24. The van der Waals surface area contributed by atoms with Crippen molar-refractivity contribution < 1.29 is 23.0 Å². The lowest BCUT2D eigenvalue weighted by molar-refractivity contribution is -0.138. The molecular formula is C29H28F3N7O2. The van der Waals surface area contributed by atoms with Gasteiger partial charge in [0.2, 0.25) is 0 Å². The van der Waals surface area contributed by atoms with Crippen molar-refractivity contribution in [1.29, 1.82) is 0 Å². The highest BCUT2D eigenvalue weighted by Crippen LogP contribution is 2.45. The molecule has 2 aliphatic carbocycles. The number of ether oxygens (including phenoxy) is 1. The highest BCUT2D eigenvalue weighted by molar-refractivity contribution is 5.84. The van der Waals surface area contributed by atoms with Gasteiger partial charge < -0.3 is 14.7 Å². The Morgan fingerprint density at radius 1 is 1.17 bits per heavy atom. The van der Waals surface area contributed by atoms with Crippen LogP contribution in [0.2, 0.25) is 0 Å². The van der Waals surface area contributed by atoms with Crippen LogP contribution in [0.25, 0.3) is 16.9 Å². The summed E-state index contributed by atoms with van der Waals surface area (Å²) in [5, 5.41) is 24.4. The number of aryl methyl sites for hydroxylation is 1. The molecule has 7 rings (SSSR count). The minimum absolute atomic E-state index is 0.0780. The van der Waals surface area contributed by atoms with Crippen molar-refractivity contribution in [3.05, 3.63) is 59.7 Å². The molecule has 2 N–H and O–H groups in total. The second-order valence-corrected chi connectivity index (χ2v) is 11.1. The third-order valence-corrected chi connectivity index (χ3v) is 8.58. The molecule has 1 saturated heterocycles. The van der Waals surface area contributed by atoms with Crippen LogP contribution in [0.3, 0.4) is 0 Å². The quantitative estimate of drug-likeness (QED) is 0.340. The fraction of sp³-hybridized carbons (Fsp3) is 0.448. The Morgan fingerprint density at radius 2 is 2.00 bits per heavy atom. The SMILES string of the molecule is OC1(c2cc(N3CCOCC34C#C4)nc3c2cnn3-c2ccn[nH]2)CCC(CCc2ncccc2C(F)(F)F)CC1. The predicted octanol–water partition coefficient (Wildman–Crippen LogP) is 4.16. The minimum atomic E-state index is -4.42. The Balaban J connectivity index is 1.17. The number of nitrogens with one attached hydrogen (secondary N) is 1. The van der Waals surface area contributed by atoms with Crippen LogP contribution in [0.5, 0.6) is 0 Å². The van der Waals surface area contributed by atoms with E-state index >= 15 is 0 Å². The Morgan fingerprint density at radius 3 is 2.73 bits per heavy atom. The molecular weight excluding hydrogens is 535 g/mol. The summed E-state index contributed by atoms with van der Waals surface area (Å²) in [6.07, 6.45) is 3.49. The van der Waals surface area contributed by atoms with E-state index in [-0.39, 0.29) is 18.0 Å². The number of pyridine rings is 2.